The van der Waals surface area contributed by atoms with Gasteiger partial charge in [-0.2, -0.15) is 0 Å². The molecule has 4 heteroatoms. The van der Waals surface area contributed by atoms with Gasteiger partial charge in [-0.3, -0.25) is 0 Å². The fourth-order valence-electron chi connectivity index (χ4n) is 10.6. The Balaban J connectivity index is 1.17. The second-order valence-electron chi connectivity index (χ2n) is 15.6. The number of anilines is 3. The van der Waals surface area contributed by atoms with Gasteiger partial charge in [-0.25, -0.2) is 0 Å². The Kier molecular flexibility index (Phi) is 6.18. The number of hydrogen-bond acceptors (Lipinski definition) is 2. The van der Waals surface area contributed by atoms with Crippen LogP contribution in [0.3, 0.4) is 0 Å². The zero-order chi connectivity index (χ0) is 37.2. The van der Waals surface area contributed by atoms with E-state index in [9.17, 15) is 0 Å². The van der Waals surface area contributed by atoms with Crippen molar-refractivity contribution in [1.82, 2.24) is 4.98 Å². The van der Waals surface area contributed by atoms with Gasteiger partial charge >= 0.3 is 0 Å². The standard InChI is InChI=1S/C53H33BN2O/c1-3-16-33(17-4-1)53(34-18-5-2-6-19-34)40-24-10-11-27-44(40)56-51-41(53)25-14-26-42(51)54-49-39(31-46-48(52(49)56)37-21-9-12-28-45(37)57-46)36-22-13-23-38-47-35-20-8-7-15-32(35)29-30-43(47)55-50(36)38/h1-31,54-55H. The Labute approximate surface area is 329 Å². The molecule has 13 rings (SSSR count). The molecule has 2 aliphatic heterocycles. The summed E-state index contributed by atoms with van der Waals surface area (Å²) in [4.78, 5) is 6.49. The molecule has 2 aromatic heterocycles. The van der Waals surface area contributed by atoms with E-state index in [0.717, 1.165) is 40.3 Å². The number of nitrogens with one attached hydrogen (secondary N) is 1. The van der Waals surface area contributed by atoms with Crippen molar-refractivity contribution in [3.63, 3.8) is 0 Å². The van der Waals surface area contributed by atoms with Gasteiger partial charge in [0.2, 0.25) is 0 Å². The second kappa shape index (κ2) is 11.4. The van der Waals surface area contributed by atoms with E-state index >= 15 is 0 Å². The van der Waals surface area contributed by atoms with E-state index in [1.165, 1.54) is 82.9 Å². The van der Waals surface area contributed by atoms with Crippen molar-refractivity contribution in [1.29, 1.82) is 0 Å². The van der Waals surface area contributed by atoms with E-state index in [1.807, 2.05) is 0 Å². The predicted octanol–water partition coefficient (Wildman–Crippen LogP) is 11.9. The number of para-hydroxylation sites is 4. The summed E-state index contributed by atoms with van der Waals surface area (Å²) in [5, 5.41) is 7.29. The third-order valence-corrected chi connectivity index (χ3v) is 12.9. The fraction of sp³-hybridized carbons (Fsp3) is 0.0189. The number of aromatic nitrogens is 1. The molecule has 0 amide bonds. The van der Waals surface area contributed by atoms with Gasteiger partial charge in [0.15, 0.2) is 7.28 Å². The molecule has 0 saturated carbocycles. The Hall–Kier alpha value is -7.30. The van der Waals surface area contributed by atoms with Gasteiger partial charge in [-0.05, 0) is 68.3 Å². The molecule has 0 unspecified atom stereocenters. The molecule has 11 aromatic rings. The lowest BCUT2D eigenvalue weighted by molar-refractivity contribution is 0.669. The Morgan fingerprint density at radius 1 is 0.491 bits per heavy atom. The Morgan fingerprint density at radius 3 is 2.02 bits per heavy atom. The maximum Gasteiger partial charge on any atom is 0.198 e. The van der Waals surface area contributed by atoms with Crippen LogP contribution in [-0.2, 0) is 5.41 Å². The average Bonchev–Trinajstić information content (AvgIpc) is 3.86. The summed E-state index contributed by atoms with van der Waals surface area (Å²) in [5.41, 5.74) is 17.2. The predicted molar refractivity (Wildman–Crippen MR) is 239 cm³/mol. The lowest BCUT2D eigenvalue weighted by Crippen LogP contribution is -2.47. The number of benzene rings is 9. The highest BCUT2D eigenvalue weighted by atomic mass is 16.3. The number of furan rings is 1. The number of fused-ring (bicyclic) bond motifs is 13. The van der Waals surface area contributed by atoms with Crippen LogP contribution in [0.2, 0.25) is 0 Å². The first-order valence-corrected chi connectivity index (χ1v) is 19.8. The van der Waals surface area contributed by atoms with Gasteiger partial charge in [0.25, 0.3) is 0 Å². The van der Waals surface area contributed by atoms with Gasteiger partial charge < -0.3 is 14.3 Å². The molecule has 0 saturated heterocycles. The number of H-pyrrole nitrogens is 1. The first-order chi connectivity index (χ1) is 28.3. The molecular weight excluding hydrogens is 691 g/mol. The number of nitrogens with zero attached hydrogens (tertiary/aromatic N) is 1. The maximum absolute atomic E-state index is 6.87. The quantitative estimate of drug-likeness (QED) is 0.184. The smallest absolute Gasteiger partial charge is 0.198 e. The minimum absolute atomic E-state index is 0.535. The van der Waals surface area contributed by atoms with Crippen LogP contribution in [0, 0.1) is 0 Å². The highest BCUT2D eigenvalue weighted by Gasteiger charge is 2.49. The van der Waals surface area contributed by atoms with Gasteiger partial charge in [0, 0.05) is 32.9 Å². The van der Waals surface area contributed by atoms with Crippen LogP contribution in [0.1, 0.15) is 22.3 Å². The minimum atomic E-state index is -0.535. The third-order valence-electron chi connectivity index (χ3n) is 12.9. The average molecular weight is 725 g/mol. The van der Waals surface area contributed by atoms with E-state index < -0.39 is 5.41 Å². The van der Waals surface area contributed by atoms with Gasteiger partial charge in [-0.15, -0.1) is 0 Å². The van der Waals surface area contributed by atoms with Crippen molar-refractivity contribution in [2.45, 2.75) is 5.41 Å². The lowest BCUT2D eigenvalue weighted by atomic mass is 9.54. The summed E-state index contributed by atoms with van der Waals surface area (Å²) in [6.07, 6.45) is 0. The van der Waals surface area contributed by atoms with Crippen LogP contribution in [-0.4, -0.2) is 12.3 Å². The highest BCUT2D eigenvalue weighted by Crippen LogP contribution is 2.59. The normalized spacial score (nSPS) is 13.9. The lowest BCUT2D eigenvalue weighted by Gasteiger charge is -2.49. The van der Waals surface area contributed by atoms with Crippen LogP contribution in [0.4, 0.5) is 17.1 Å². The first kappa shape index (κ1) is 31.0. The number of hydrogen-bond donors (Lipinski definition) is 1. The summed E-state index contributed by atoms with van der Waals surface area (Å²) in [6.45, 7) is 0. The molecule has 0 bridgehead atoms. The molecule has 4 heterocycles. The monoisotopic (exact) mass is 724 g/mol. The van der Waals surface area contributed by atoms with Crippen molar-refractivity contribution >= 4 is 89.8 Å². The molecule has 0 spiro atoms. The fourth-order valence-corrected chi connectivity index (χ4v) is 10.6. The zero-order valence-electron chi connectivity index (χ0n) is 31.0. The molecule has 2 aliphatic rings. The molecule has 0 radical (unpaired) electrons. The Morgan fingerprint density at radius 2 is 1.18 bits per heavy atom. The molecule has 57 heavy (non-hydrogen) atoms. The van der Waals surface area contributed by atoms with E-state index in [2.05, 4.69) is 198 Å². The number of aromatic amines is 1. The van der Waals surface area contributed by atoms with E-state index in [0.29, 0.717) is 0 Å². The van der Waals surface area contributed by atoms with Gasteiger partial charge in [-0.1, -0.05) is 169 Å². The SMILES string of the molecule is B1c2cccc3c2N(c2ccccc2C3(c2ccccc2)c2ccccc2)c2c1c(-c1cccc3c1[nH]c1ccc4ccccc4c13)cc1oc3ccccc3c21. The number of rotatable bonds is 3. The summed E-state index contributed by atoms with van der Waals surface area (Å²) in [6, 6.07) is 69.1. The third kappa shape index (κ3) is 4.01. The molecule has 3 nitrogen and oxygen atoms in total. The highest BCUT2D eigenvalue weighted by molar-refractivity contribution is 6.74. The van der Waals surface area contributed by atoms with Crippen molar-refractivity contribution < 1.29 is 4.42 Å². The molecule has 1 N–H and O–H groups in total. The van der Waals surface area contributed by atoms with E-state index in [1.54, 1.807) is 0 Å². The van der Waals surface area contributed by atoms with E-state index in [-0.39, 0.29) is 0 Å². The van der Waals surface area contributed by atoms with Crippen molar-refractivity contribution in [2.24, 2.45) is 0 Å². The largest absolute Gasteiger partial charge is 0.456 e. The van der Waals surface area contributed by atoms with E-state index in [4.69, 9.17) is 4.42 Å². The van der Waals surface area contributed by atoms with Crippen LogP contribution in [0.5, 0.6) is 0 Å². The molecule has 9 aromatic carbocycles. The van der Waals surface area contributed by atoms with Crippen molar-refractivity contribution in [2.75, 3.05) is 4.90 Å². The van der Waals surface area contributed by atoms with Crippen molar-refractivity contribution in [3.05, 3.63) is 210 Å². The van der Waals surface area contributed by atoms with Crippen LogP contribution in [0.15, 0.2) is 192 Å². The van der Waals surface area contributed by atoms with Crippen molar-refractivity contribution in [3.8, 4) is 11.1 Å². The minimum Gasteiger partial charge on any atom is -0.456 e. The molecule has 0 fully saturated rings. The summed E-state index contributed by atoms with van der Waals surface area (Å²) >= 11 is 0. The van der Waals surface area contributed by atoms with Gasteiger partial charge in [0.05, 0.1) is 27.7 Å². The Bertz CT molecular complexity index is 3410. The van der Waals surface area contributed by atoms with Crippen LogP contribution < -0.4 is 15.8 Å². The summed E-state index contributed by atoms with van der Waals surface area (Å²) in [5.74, 6) is 0. The van der Waals surface area contributed by atoms with Crippen LogP contribution in [0.25, 0.3) is 65.6 Å². The maximum atomic E-state index is 6.87. The summed E-state index contributed by atoms with van der Waals surface area (Å²) < 4.78 is 6.87. The zero-order valence-corrected chi connectivity index (χ0v) is 31.0. The topological polar surface area (TPSA) is 32.2 Å². The summed E-state index contributed by atoms with van der Waals surface area (Å²) in [7, 11) is 0.779. The van der Waals surface area contributed by atoms with Gasteiger partial charge in [0.1, 0.15) is 11.2 Å². The second-order valence-corrected chi connectivity index (χ2v) is 15.6. The van der Waals surface area contributed by atoms with Crippen LogP contribution >= 0.6 is 0 Å². The molecule has 0 aliphatic carbocycles. The molecule has 0 atom stereocenters. The molecular formula is C53H33BN2O. The first-order valence-electron chi connectivity index (χ1n) is 19.8. The molecule has 264 valence electrons.